The SMILES string of the molecule is CC(C)(C)NC(=O)C1CCCN(C(=O)c2ccc(F)cc2)C1. The molecule has 2 amide bonds. The molecule has 0 aliphatic carbocycles. The Labute approximate surface area is 130 Å². The first-order valence-corrected chi connectivity index (χ1v) is 7.63. The van der Waals surface area contributed by atoms with Gasteiger partial charge in [-0.25, -0.2) is 4.39 Å². The zero-order valence-electron chi connectivity index (χ0n) is 13.4. The maximum atomic E-state index is 12.9. The number of halogens is 1. The van der Waals surface area contributed by atoms with Crippen LogP contribution in [0.15, 0.2) is 24.3 Å². The van der Waals surface area contributed by atoms with Crippen molar-refractivity contribution in [1.82, 2.24) is 10.2 Å². The van der Waals surface area contributed by atoms with E-state index in [9.17, 15) is 14.0 Å². The quantitative estimate of drug-likeness (QED) is 0.913. The minimum absolute atomic E-state index is 0.0101. The molecule has 4 nitrogen and oxygen atoms in total. The average Bonchev–Trinajstić information content (AvgIpc) is 2.46. The van der Waals surface area contributed by atoms with Crippen LogP contribution in [0.5, 0.6) is 0 Å². The standard InChI is InChI=1S/C17H23FN2O2/c1-17(2,3)19-15(21)13-5-4-10-20(11-13)16(22)12-6-8-14(18)9-7-12/h6-9,13H,4-5,10-11H2,1-3H3,(H,19,21). The highest BCUT2D eigenvalue weighted by atomic mass is 19.1. The van der Waals surface area contributed by atoms with Crippen LogP contribution in [-0.4, -0.2) is 35.3 Å². The summed E-state index contributed by atoms with van der Waals surface area (Å²) in [5.41, 5.74) is 0.179. The van der Waals surface area contributed by atoms with E-state index in [1.807, 2.05) is 20.8 Å². The summed E-state index contributed by atoms with van der Waals surface area (Å²) < 4.78 is 12.9. The third-order valence-corrected chi connectivity index (χ3v) is 3.67. The fraction of sp³-hybridized carbons (Fsp3) is 0.529. The lowest BCUT2D eigenvalue weighted by molar-refractivity contribution is -0.127. The zero-order chi connectivity index (χ0) is 16.3. The van der Waals surface area contributed by atoms with Crippen LogP contribution in [0.1, 0.15) is 44.0 Å². The van der Waals surface area contributed by atoms with Gasteiger partial charge in [0.1, 0.15) is 5.82 Å². The number of likely N-dealkylation sites (tertiary alicyclic amines) is 1. The smallest absolute Gasteiger partial charge is 0.253 e. The molecule has 5 heteroatoms. The number of piperidine rings is 1. The lowest BCUT2D eigenvalue weighted by Crippen LogP contribution is -2.49. The van der Waals surface area contributed by atoms with E-state index in [2.05, 4.69) is 5.32 Å². The van der Waals surface area contributed by atoms with E-state index in [0.717, 1.165) is 12.8 Å². The Kier molecular flexibility index (Phi) is 4.84. The van der Waals surface area contributed by atoms with Gasteiger partial charge in [0.2, 0.25) is 5.91 Å². The molecule has 1 fully saturated rings. The minimum atomic E-state index is -0.363. The van der Waals surface area contributed by atoms with E-state index in [0.29, 0.717) is 18.7 Å². The van der Waals surface area contributed by atoms with Crippen molar-refractivity contribution in [2.45, 2.75) is 39.2 Å². The van der Waals surface area contributed by atoms with E-state index < -0.39 is 0 Å². The minimum Gasteiger partial charge on any atom is -0.351 e. The molecule has 1 N–H and O–H groups in total. The molecular formula is C17H23FN2O2. The molecule has 0 saturated carbocycles. The fourth-order valence-corrected chi connectivity index (χ4v) is 2.62. The van der Waals surface area contributed by atoms with Crippen molar-refractivity contribution >= 4 is 11.8 Å². The molecule has 1 atom stereocenters. The van der Waals surface area contributed by atoms with Crippen molar-refractivity contribution in [3.63, 3.8) is 0 Å². The summed E-state index contributed by atoms with van der Waals surface area (Å²) in [6, 6.07) is 5.52. The number of hydrogen-bond donors (Lipinski definition) is 1. The first kappa shape index (κ1) is 16.5. The second kappa shape index (κ2) is 6.46. The Morgan fingerprint density at radius 1 is 1.23 bits per heavy atom. The van der Waals surface area contributed by atoms with Crippen molar-refractivity contribution in [2.75, 3.05) is 13.1 Å². The third-order valence-electron chi connectivity index (χ3n) is 3.67. The molecule has 0 radical (unpaired) electrons. The first-order valence-electron chi connectivity index (χ1n) is 7.63. The van der Waals surface area contributed by atoms with Gasteiger partial charge >= 0.3 is 0 Å². The summed E-state index contributed by atoms with van der Waals surface area (Å²) in [6.45, 7) is 6.87. The predicted molar refractivity (Wildman–Crippen MR) is 82.9 cm³/mol. The summed E-state index contributed by atoms with van der Waals surface area (Å²) in [6.07, 6.45) is 1.59. The van der Waals surface area contributed by atoms with Crippen molar-refractivity contribution in [3.8, 4) is 0 Å². The van der Waals surface area contributed by atoms with Crippen molar-refractivity contribution in [1.29, 1.82) is 0 Å². The number of hydrogen-bond acceptors (Lipinski definition) is 2. The Balaban J connectivity index is 2.02. The van der Waals surface area contributed by atoms with Gasteiger partial charge < -0.3 is 10.2 Å². The molecule has 1 aromatic rings. The molecule has 0 spiro atoms. The topological polar surface area (TPSA) is 49.4 Å². The maximum absolute atomic E-state index is 12.9. The molecule has 22 heavy (non-hydrogen) atoms. The van der Waals surface area contributed by atoms with E-state index in [-0.39, 0.29) is 29.1 Å². The van der Waals surface area contributed by atoms with Gasteiger partial charge in [0.25, 0.3) is 5.91 Å². The molecule has 1 aromatic carbocycles. The van der Waals surface area contributed by atoms with Gasteiger partial charge in [-0.3, -0.25) is 9.59 Å². The summed E-state index contributed by atoms with van der Waals surface area (Å²) >= 11 is 0. The molecule has 2 rings (SSSR count). The predicted octanol–water partition coefficient (Wildman–Crippen LogP) is 2.59. The summed E-state index contributed by atoms with van der Waals surface area (Å²) in [7, 11) is 0. The molecule has 0 bridgehead atoms. The Bertz CT molecular complexity index is 549. The van der Waals surface area contributed by atoms with Gasteiger partial charge in [-0.15, -0.1) is 0 Å². The number of benzene rings is 1. The van der Waals surface area contributed by atoms with E-state index in [1.54, 1.807) is 4.90 Å². The van der Waals surface area contributed by atoms with E-state index >= 15 is 0 Å². The molecule has 120 valence electrons. The maximum Gasteiger partial charge on any atom is 0.253 e. The summed E-state index contributed by atoms with van der Waals surface area (Å²) in [4.78, 5) is 26.4. The number of rotatable bonds is 2. The highest BCUT2D eigenvalue weighted by Gasteiger charge is 2.30. The van der Waals surface area contributed by atoms with Gasteiger partial charge in [-0.05, 0) is 57.9 Å². The zero-order valence-corrected chi connectivity index (χ0v) is 13.4. The van der Waals surface area contributed by atoms with E-state index in [1.165, 1.54) is 24.3 Å². The van der Waals surface area contributed by atoms with Gasteiger partial charge in [-0.2, -0.15) is 0 Å². The first-order chi connectivity index (χ1) is 10.3. The molecular weight excluding hydrogens is 283 g/mol. The highest BCUT2D eigenvalue weighted by Crippen LogP contribution is 2.20. The molecule has 1 unspecified atom stereocenters. The Hall–Kier alpha value is -1.91. The summed E-state index contributed by atoms with van der Waals surface area (Å²) in [5, 5.41) is 2.97. The van der Waals surface area contributed by atoms with Crippen LogP contribution in [0.25, 0.3) is 0 Å². The Morgan fingerprint density at radius 2 is 1.86 bits per heavy atom. The van der Waals surface area contributed by atoms with Crippen LogP contribution in [0.2, 0.25) is 0 Å². The van der Waals surface area contributed by atoms with Crippen LogP contribution >= 0.6 is 0 Å². The highest BCUT2D eigenvalue weighted by molar-refractivity contribution is 5.94. The number of carbonyl (C=O) groups excluding carboxylic acids is 2. The monoisotopic (exact) mass is 306 g/mol. The van der Waals surface area contributed by atoms with Crippen LogP contribution in [0.4, 0.5) is 4.39 Å². The number of carbonyl (C=O) groups is 2. The molecule has 1 heterocycles. The normalized spacial score (nSPS) is 18.9. The Morgan fingerprint density at radius 3 is 2.45 bits per heavy atom. The van der Waals surface area contributed by atoms with Crippen molar-refractivity contribution in [2.24, 2.45) is 5.92 Å². The lowest BCUT2D eigenvalue weighted by atomic mass is 9.95. The van der Waals surface area contributed by atoms with Crippen molar-refractivity contribution in [3.05, 3.63) is 35.6 Å². The number of amides is 2. The number of nitrogens with one attached hydrogen (secondary N) is 1. The molecule has 1 saturated heterocycles. The van der Waals surface area contributed by atoms with Gasteiger partial charge in [0, 0.05) is 24.2 Å². The fourth-order valence-electron chi connectivity index (χ4n) is 2.62. The molecule has 0 aromatic heterocycles. The van der Waals surface area contributed by atoms with Gasteiger partial charge in [0.15, 0.2) is 0 Å². The van der Waals surface area contributed by atoms with Crippen molar-refractivity contribution < 1.29 is 14.0 Å². The molecule has 1 aliphatic rings. The van der Waals surface area contributed by atoms with Crippen LogP contribution in [-0.2, 0) is 4.79 Å². The third kappa shape index (κ3) is 4.29. The lowest BCUT2D eigenvalue weighted by Gasteiger charge is -2.33. The van der Waals surface area contributed by atoms with Gasteiger partial charge in [-0.1, -0.05) is 0 Å². The average molecular weight is 306 g/mol. The van der Waals surface area contributed by atoms with Gasteiger partial charge in [0.05, 0.1) is 5.92 Å². The number of nitrogens with zero attached hydrogens (tertiary/aromatic N) is 1. The summed E-state index contributed by atoms with van der Waals surface area (Å²) in [5.74, 6) is -0.702. The van der Waals surface area contributed by atoms with Crippen LogP contribution in [0.3, 0.4) is 0 Å². The molecule has 1 aliphatic heterocycles. The second-order valence-corrected chi connectivity index (χ2v) is 6.84. The van der Waals surface area contributed by atoms with Crippen LogP contribution in [0, 0.1) is 11.7 Å². The van der Waals surface area contributed by atoms with E-state index in [4.69, 9.17) is 0 Å². The largest absolute Gasteiger partial charge is 0.351 e. The van der Waals surface area contributed by atoms with Crippen LogP contribution < -0.4 is 5.32 Å². The second-order valence-electron chi connectivity index (χ2n) is 6.84.